The fourth-order valence-corrected chi connectivity index (χ4v) is 9.33. The van der Waals surface area contributed by atoms with E-state index in [2.05, 4.69) is 31.5 Å². The van der Waals surface area contributed by atoms with Crippen LogP contribution in [0.5, 0.6) is 0 Å². The summed E-state index contributed by atoms with van der Waals surface area (Å²) < 4.78 is 44.6. The number of amides is 6. The predicted molar refractivity (Wildman–Crippen MR) is 273 cm³/mol. The second kappa shape index (κ2) is 26.2. The number of benzene rings is 2. The molecule has 4 aliphatic rings. The molecule has 0 saturated carbocycles. The maximum Gasteiger partial charge on any atom is 0.343 e. The van der Waals surface area contributed by atoms with Crippen molar-refractivity contribution in [3.63, 3.8) is 0 Å². The van der Waals surface area contributed by atoms with Crippen LogP contribution in [0.25, 0.3) is 22.3 Å². The molecule has 8 rings (SSSR count). The molecule has 23 nitrogen and oxygen atoms in total. The molecule has 4 aliphatic heterocycles. The first-order valence-corrected chi connectivity index (χ1v) is 25.5. The average Bonchev–Trinajstić information content (AvgIpc) is 3.99. The Kier molecular flexibility index (Phi) is 19.0. The number of hydrogen-bond acceptors (Lipinski definition) is 17. The Labute approximate surface area is 441 Å². The monoisotopic (exact) mass is 1070 g/mol. The van der Waals surface area contributed by atoms with Gasteiger partial charge in [0.25, 0.3) is 17.4 Å². The number of ether oxygens (including phenoxy) is 5. The zero-order valence-corrected chi connectivity index (χ0v) is 42.6. The third-order valence-corrected chi connectivity index (χ3v) is 13.5. The SMILES string of the molecule is CC[C@@]1(O)C(=O)OCc2c1cc1n(c2=O)Cc2c-1nc1cc(F)c(NC(=O)CNC(=O)[C@H](Cc3ccccc3)NCCNC(=O)CNC(=O)CCOCCOCCOCCN3C(=O)C=CC3=O)cc1c2CN1CCOCC1. The fourth-order valence-electron chi connectivity index (χ4n) is 9.33. The van der Waals surface area contributed by atoms with Gasteiger partial charge in [0.15, 0.2) is 5.60 Å². The van der Waals surface area contributed by atoms with Crippen molar-refractivity contribution >= 4 is 58.0 Å². The van der Waals surface area contributed by atoms with E-state index in [-0.39, 0.29) is 132 Å². The first kappa shape index (κ1) is 55.9. The minimum absolute atomic E-state index is 0.0128. The van der Waals surface area contributed by atoms with E-state index in [0.29, 0.717) is 55.2 Å². The molecule has 0 radical (unpaired) electrons. The van der Waals surface area contributed by atoms with Gasteiger partial charge in [-0.3, -0.25) is 43.4 Å². The number of imide groups is 1. The molecule has 6 amide bonds. The molecule has 4 aromatic rings. The van der Waals surface area contributed by atoms with E-state index in [1.165, 1.54) is 28.9 Å². The van der Waals surface area contributed by atoms with Crippen molar-refractivity contribution in [1.29, 1.82) is 0 Å². The summed E-state index contributed by atoms with van der Waals surface area (Å²) in [5.74, 6) is -4.47. The summed E-state index contributed by atoms with van der Waals surface area (Å²) in [6, 6.07) is 12.6. The molecule has 1 fully saturated rings. The maximum absolute atomic E-state index is 16.1. The van der Waals surface area contributed by atoms with Crippen molar-refractivity contribution in [1.82, 2.24) is 40.6 Å². The summed E-state index contributed by atoms with van der Waals surface area (Å²) in [7, 11) is 0. The highest BCUT2D eigenvalue weighted by Gasteiger charge is 2.45. The molecule has 6 N–H and O–H groups in total. The highest BCUT2D eigenvalue weighted by Crippen LogP contribution is 2.41. The van der Waals surface area contributed by atoms with E-state index in [4.69, 9.17) is 28.7 Å². The second-order valence-corrected chi connectivity index (χ2v) is 18.6. The van der Waals surface area contributed by atoms with Gasteiger partial charge < -0.3 is 59.9 Å². The molecule has 24 heteroatoms. The molecule has 410 valence electrons. The molecule has 0 spiro atoms. The summed E-state index contributed by atoms with van der Waals surface area (Å²) in [6.07, 6.45) is 2.64. The fraction of sp³-hybridized carbons (Fsp3) is 0.453. The quantitative estimate of drug-likeness (QED) is 0.0228. The van der Waals surface area contributed by atoms with E-state index in [0.717, 1.165) is 16.0 Å². The molecule has 2 aromatic carbocycles. The smallest absolute Gasteiger partial charge is 0.343 e. The molecule has 77 heavy (non-hydrogen) atoms. The van der Waals surface area contributed by atoms with Crippen molar-refractivity contribution in [2.45, 2.75) is 57.5 Å². The van der Waals surface area contributed by atoms with Gasteiger partial charge >= 0.3 is 5.97 Å². The maximum atomic E-state index is 16.1. The van der Waals surface area contributed by atoms with E-state index in [1.54, 1.807) is 13.0 Å². The lowest BCUT2D eigenvalue weighted by Gasteiger charge is -2.31. The normalized spacial score (nSPS) is 17.2. The summed E-state index contributed by atoms with van der Waals surface area (Å²) in [5, 5.41) is 25.5. The van der Waals surface area contributed by atoms with Crippen LogP contribution in [-0.4, -0.2) is 171 Å². The number of carbonyl (C=O) groups is 7. The number of pyridine rings is 2. The molecular weight excluding hydrogens is 1010 g/mol. The zero-order chi connectivity index (χ0) is 54.5. The number of nitrogens with zero attached hydrogens (tertiary/aromatic N) is 4. The molecule has 0 unspecified atom stereocenters. The lowest BCUT2D eigenvalue weighted by Crippen LogP contribution is -2.49. The number of esters is 1. The largest absolute Gasteiger partial charge is 0.458 e. The molecule has 2 atom stereocenters. The van der Waals surface area contributed by atoms with Gasteiger partial charge in [-0.15, -0.1) is 0 Å². The number of morpholine rings is 1. The highest BCUT2D eigenvalue weighted by molar-refractivity contribution is 6.12. The van der Waals surface area contributed by atoms with Crippen LogP contribution in [0.15, 0.2) is 65.5 Å². The van der Waals surface area contributed by atoms with E-state index < -0.39 is 59.2 Å². The van der Waals surface area contributed by atoms with Crippen molar-refractivity contribution in [3.05, 3.63) is 105 Å². The Morgan fingerprint density at radius 2 is 1.53 bits per heavy atom. The van der Waals surface area contributed by atoms with Gasteiger partial charge in [0.05, 0.1) is 113 Å². The number of hydrogen-bond donors (Lipinski definition) is 6. The van der Waals surface area contributed by atoms with Gasteiger partial charge in [0, 0.05) is 73.9 Å². The summed E-state index contributed by atoms with van der Waals surface area (Å²) in [6.45, 7) is 4.97. The number of anilines is 1. The summed E-state index contributed by atoms with van der Waals surface area (Å²) in [4.78, 5) is 110. The topological polar surface area (TPSA) is 287 Å². The van der Waals surface area contributed by atoms with Crippen LogP contribution >= 0.6 is 0 Å². The van der Waals surface area contributed by atoms with Gasteiger partial charge in [-0.25, -0.2) is 14.2 Å². The molecule has 2 aromatic heterocycles. The van der Waals surface area contributed by atoms with Crippen LogP contribution < -0.4 is 32.1 Å². The number of rotatable bonds is 27. The Bertz CT molecular complexity index is 2950. The van der Waals surface area contributed by atoms with Crippen molar-refractivity contribution in [3.8, 4) is 11.4 Å². The number of cyclic esters (lactones) is 1. The Morgan fingerprint density at radius 1 is 0.831 bits per heavy atom. The number of fused-ring (bicyclic) bond motifs is 5. The van der Waals surface area contributed by atoms with Gasteiger partial charge in [-0.1, -0.05) is 37.3 Å². The molecule has 1 saturated heterocycles. The zero-order valence-electron chi connectivity index (χ0n) is 42.6. The van der Waals surface area contributed by atoms with Crippen molar-refractivity contribution in [2.24, 2.45) is 0 Å². The first-order valence-electron chi connectivity index (χ1n) is 25.5. The Hall–Kier alpha value is -7.32. The minimum Gasteiger partial charge on any atom is -0.458 e. The first-order chi connectivity index (χ1) is 37.2. The highest BCUT2D eigenvalue weighted by atomic mass is 19.1. The van der Waals surface area contributed by atoms with Gasteiger partial charge in [-0.05, 0) is 36.1 Å². The Morgan fingerprint density at radius 3 is 2.26 bits per heavy atom. The summed E-state index contributed by atoms with van der Waals surface area (Å²) >= 11 is 0. The number of carbonyl (C=O) groups excluding carboxylic acids is 7. The average molecular weight is 1070 g/mol. The van der Waals surface area contributed by atoms with E-state index >= 15 is 4.39 Å². The third kappa shape index (κ3) is 13.8. The predicted octanol–water partition coefficient (Wildman–Crippen LogP) is -0.0962. The number of halogens is 1. The lowest BCUT2D eigenvalue weighted by molar-refractivity contribution is -0.172. The van der Waals surface area contributed by atoms with E-state index in [9.17, 15) is 43.5 Å². The van der Waals surface area contributed by atoms with Crippen LogP contribution in [0.3, 0.4) is 0 Å². The number of aliphatic hydroxyl groups is 1. The van der Waals surface area contributed by atoms with Crippen molar-refractivity contribution < 1.29 is 66.7 Å². The standard InChI is InChI=1S/C53H62FN9O14/c1-2-53(72)38-26-43-49-36(31-63(43)51(70)37(38)32-77-52(53)71)35(30-61-13-17-74-18-14-61)34-25-41(39(54)27-40(34)60-49)59-46(66)29-58-50(69)42(24-33-6-4-3-5-7-33)55-11-12-56-45(65)28-57-44(64)10-16-73-20-22-76-23-21-75-19-15-62-47(67)8-9-48(62)68/h3-9,25-27,42,55,72H,2,10-24,28-32H2,1H3,(H,56,65)(H,57,64)(H,58,69)(H,59,66)/t42-,53-/m0/s1. The third-order valence-electron chi connectivity index (χ3n) is 13.5. The minimum atomic E-state index is -2.03. The molecule has 0 bridgehead atoms. The van der Waals surface area contributed by atoms with Gasteiger partial charge in [0.2, 0.25) is 23.6 Å². The number of aromatic nitrogens is 2. The van der Waals surface area contributed by atoms with Crippen LogP contribution in [0.4, 0.5) is 10.1 Å². The van der Waals surface area contributed by atoms with Crippen LogP contribution in [0.1, 0.15) is 47.6 Å². The second-order valence-electron chi connectivity index (χ2n) is 18.6. The molecule has 0 aliphatic carbocycles. The van der Waals surface area contributed by atoms with E-state index in [1.807, 2.05) is 30.3 Å². The lowest BCUT2D eigenvalue weighted by atomic mass is 9.86. The van der Waals surface area contributed by atoms with Crippen LogP contribution in [0, 0.1) is 5.82 Å². The van der Waals surface area contributed by atoms with Gasteiger partial charge in [0.1, 0.15) is 12.4 Å². The molecular formula is C53H62FN9O14. The summed E-state index contributed by atoms with van der Waals surface area (Å²) in [5.41, 5.74) is 1.01. The van der Waals surface area contributed by atoms with Crippen LogP contribution in [-0.2, 0) is 89.0 Å². The Balaban J connectivity index is 0.808. The van der Waals surface area contributed by atoms with Crippen LogP contribution in [0.2, 0.25) is 0 Å². The van der Waals surface area contributed by atoms with Gasteiger partial charge in [-0.2, -0.15) is 0 Å². The molecule has 6 heterocycles. The number of nitrogens with one attached hydrogen (secondary N) is 5. The van der Waals surface area contributed by atoms with Crippen molar-refractivity contribution in [2.75, 3.05) is 104 Å².